The fourth-order valence-corrected chi connectivity index (χ4v) is 0.388. The minimum absolute atomic E-state index is 0. The van der Waals surface area contributed by atoms with Crippen LogP contribution in [0.3, 0.4) is 0 Å². The van der Waals surface area contributed by atoms with Crippen molar-refractivity contribution in [3.05, 3.63) is 0 Å². The van der Waals surface area contributed by atoms with Crippen molar-refractivity contribution in [1.29, 1.82) is 0 Å². The number of carboxylic acids is 6. The Labute approximate surface area is 178 Å². The van der Waals surface area contributed by atoms with Gasteiger partial charge in [-0.3, -0.25) is 28.8 Å². The van der Waals surface area contributed by atoms with Crippen molar-refractivity contribution < 1.29 is 125 Å². The van der Waals surface area contributed by atoms with Gasteiger partial charge in [0.1, 0.15) is 19.3 Å². The summed E-state index contributed by atoms with van der Waals surface area (Å²) in [6.07, 6.45) is -2.42. The third kappa shape index (κ3) is 62.6. The van der Waals surface area contributed by atoms with Gasteiger partial charge < -0.3 is 30.6 Å². The molecule has 0 atom stereocenters. The molecule has 0 rings (SSSR count). The zero-order valence-electron chi connectivity index (χ0n) is 11.4. The van der Waals surface area contributed by atoms with Gasteiger partial charge in [-0.1, -0.05) is 0 Å². The molecule has 6 N–H and O–H groups in total. The molecule has 0 aromatic heterocycles. The fourth-order valence-electron chi connectivity index (χ4n) is 0.388. The molecule has 2 radical (unpaired) electrons. The van der Waals surface area contributed by atoms with E-state index >= 15 is 0 Å². The van der Waals surface area contributed by atoms with Gasteiger partial charge >= 0.3 is 35.8 Å². The zero-order valence-corrected chi connectivity index (χ0v) is 17.1. The van der Waals surface area contributed by atoms with Crippen molar-refractivity contribution in [1.82, 2.24) is 0 Å². The maximum Gasteiger partial charge on any atom is 0.314 e. The minimum atomic E-state index is -1.31. The van der Waals surface area contributed by atoms with E-state index in [1.54, 1.807) is 0 Å². The predicted octanol–water partition coefficient (Wildman–Crippen LogP) is -1.37. The van der Waals surface area contributed by atoms with E-state index in [1.165, 1.54) is 0 Å². The van der Waals surface area contributed by atoms with Crippen LogP contribution in [0.4, 0.5) is 0 Å². The molecule has 0 unspecified atom stereocenters. The molecule has 0 saturated carbocycles. The Hall–Kier alpha value is -0.972. The third-order valence-corrected chi connectivity index (χ3v) is 0.907. The van der Waals surface area contributed by atoms with Crippen LogP contribution in [0, 0.1) is 0 Å². The summed E-state index contributed by atoms with van der Waals surface area (Å²) in [4.78, 5) is 56.6. The molecule has 0 amide bonds. The van der Waals surface area contributed by atoms with Gasteiger partial charge in [0.2, 0.25) is 0 Å². The minimum Gasteiger partial charge on any atom is -0.481 e. The Kier molecular flexibility index (Phi) is 30.7. The number of rotatable bonds is 6. The monoisotopic (exact) mass is 490 g/mol. The van der Waals surface area contributed by atoms with E-state index in [1.807, 2.05) is 0 Å². The van der Waals surface area contributed by atoms with Gasteiger partial charge in [-0.05, 0) is 0 Å². The molecule has 12 nitrogen and oxygen atoms in total. The number of hydrogen-bond donors (Lipinski definition) is 6. The summed E-state index contributed by atoms with van der Waals surface area (Å²) in [7, 11) is 0. The summed E-state index contributed by atoms with van der Waals surface area (Å²) in [6, 6.07) is 0. The second-order valence-corrected chi connectivity index (χ2v) is 2.89. The Morgan fingerprint density at radius 1 is 0.391 bits per heavy atom. The molecule has 126 valence electrons. The summed E-state index contributed by atoms with van der Waals surface area (Å²) >= 11 is 0. The van der Waals surface area contributed by atoms with Crippen LogP contribution in [-0.2, 0) is 94.2 Å². The summed E-state index contributed by atoms with van der Waals surface area (Å²) in [5.74, 6) is -7.88. The van der Waals surface area contributed by atoms with Gasteiger partial charge in [-0.2, -0.15) is 0 Å². The Morgan fingerprint density at radius 3 is 0.478 bits per heavy atom. The van der Waals surface area contributed by atoms with E-state index in [2.05, 4.69) is 0 Å². The second-order valence-electron chi connectivity index (χ2n) is 2.89. The summed E-state index contributed by atoms with van der Waals surface area (Å²) in [6.45, 7) is 0. The number of carboxylic acid groups (broad SMARTS) is 6. The van der Waals surface area contributed by atoms with Crippen molar-refractivity contribution in [2.45, 2.75) is 19.3 Å². The number of hydrogen-bond acceptors (Lipinski definition) is 6. The normalized spacial score (nSPS) is 7.30. The van der Waals surface area contributed by atoms with Gasteiger partial charge in [0.05, 0.1) is 0 Å². The molecule has 23 heavy (non-hydrogen) atoms. The van der Waals surface area contributed by atoms with Crippen LogP contribution in [0.1, 0.15) is 19.3 Å². The third-order valence-electron chi connectivity index (χ3n) is 0.907. The molecule has 0 bridgehead atoms. The van der Waals surface area contributed by atoms with E-state index in [-0.39, 0.29) is 65.4 Å². The zero-order chi connectivity index (χ0) is 17.6. The molecule has 0 aliphatic carbocycles. The second kappa shape index (κ2) is 21.0. The van der Waals surface area contributed by atoms with E-state index in [0.717, 1.165) is 0 Å². The first-order valence-electron chi connectivity index (χ1n) is 4.69. The first kappa shape index (κ1) is 33.6. The van der Waals surface area contributed by atoms with Gasteiger partial charge in [-0.15, -0.1) is 0 Å². The van der Waals surface area contributed by atoms with Crippen LogP contribution in [0.15, 0.2) is 0 Å². The average Bonchev–Trinajstić information content (AvgIpc) is 2.10. The predicted molar refractivity (Wildman–Crippen MR) is 59.7 cm³/mol. The molecule has 0 aromatic carbocycles. The maximum atomic E-state index is 9.43. The molecular formula is C9H12O12Y2. The first-order chi connectivity index (χ1) is 9.38. The molecule has 0 heterocycles. The van der Waals surface area contributed by atoms with Crippen LogP contribution in [0.2, 0.25) is 0 Å². The number of carbonyl (C=O) groups is 6. The molecule has 0 aliphatic heterocycles. The molecule has 0 fully saturated rings. The van der Waals surface area contributed by atoms with Gasteiger partial charge in [0, 0.05) is 65.4 Å². The van der Waals surface area contributed by atoms with Crippen LogP contribution in [-0.4, -0.2) is 66.5 Å². The van der Waals surface area contributed by atoms with Gasteiger partial charge in [0.25, 0.3) is 0 Å². The molecular weight excluding hydrogens is 478 g/mol. The van der Waals surface area contributed by atoms with Gasteiger partial charge in [0.15, 0.2) is 0 Å². The molecule has 0 aliphatic rings. The Bertz CT molecular complexity index is 321. The van der Waals surface area contributed by atoms with Crippen LogP contribution < -0.4 is 0 Å². The summed E-state index contributed by atoms with van der Waals surface area (Å²) < 4.78 is 0. The van der Waals surface area contributed by atoms with Crippen LogP contribution in [0.5, 0.6) is 0 Å². The summed E-state index contributed by atoms with van der Waals surface area (Å²) in [5.41, 5.74) is 0. The average molecular weight is 490 g/mol. The molecule has 0 spiro atoms. The largest absolute Gasteiger partial charge is 0.481 e. The smallest absolute Gasteiger partial charge is 0.314 e. The van der Waals surface area contributed by atoms with Crippen molar-refractivity contribution in [2.75, 3.05) is 0 Å². The summed E-state index contributed by atoms with van der Waals surface area (Å²) in [5, 5.41) is 46.2. The Balaban J connectivity index is -0.0000000675. The van der Waals surface area contributed by atoms with E-state index in [4.69, 9.17) is 30.6 Å². The molecule has 14 heteroatoms. The first-order valence-corrected chi connectivity index (χ1v) is 4.69. The quantitative estimate of drug-likeness (QED) is 0.237. The standard InChI is InChI=1S/3C3H4O4.2Y/c3*4-2(5)1-3(6)7;;/h3*1H2,(H,4,5)(H,6,7);;. The van der Waals surface area contributed by atoms with E-state index < -0.39 is 55.1 Å². The molecule has 0 aromatic rings. The van der Waals surface area contributed by atoms with Gasteiger partial charge in [-0.25, -0.2) is 0 Å². The van der Waals surface area contributed by atoms with E-state index in [9.17, 15) is 28.8 Å². The molecule has 0 saturated heterocycles. The van der Waals surface area contributed by atoms with Crippen LogP contribution >= 0.6 is 0 Å². The Morgan fingerprint density at radius 2 is 0.478 bits per heavy atom. The van der Waals surface area contributed by atoms with Crippen molar-refractivity contribution in [2.24, 2.45) is 0 Å². The van der Waals surface area contributed by atoms with E-state index in [0.29, 0.717) is 0 Å². The maximum absolute atomic E-state index is 9.43. The van der Waals surface area contributed by atoms with Crippen LogP contribution in [0.25, 0.3) is 0 Å². The van der Waals surface area contributed by atoms with Crippen molar-refractivity contribution >= 4 is 35.8 Å². The fraction of sp³-hybridized carbons (Fsp3) is 0.333. The number of aliphatic carboxylic acids is 6. The van der Waals surface area contributed by atoms with Crippen molar-refractivity contribution in [3.63, 3.8) is 0 Å². The topological polar surface area (TPSA) is 224 Å². The van der Waals surface area contributed by atoms with Crippen molar-refractivity contribution in [3.8, 4) is 0 Å². The SMILES string of the molecule is O=C(O)CC(=O)O.O=C(O)CC(=O)O.O=C(O)CC(=O)O.[Y].[Y].